The summed E-state index contributed by atoms with van der Waals surface area (Å²) in [7, 11) is 0. The fourth-order valence-corrected chi connectivity index (χ4v) is 3.03. The van der Waals surface area contributed by atoms with Crippen LogP contribution in [0.15, 0.2) is 54.7 Å². The fourth-order valence-electron chi connectivity index (χ4n) is 2.82. The molecule has 0 radical (unpaired) electrons. The van der Waals surface area contributed by atoms with E-state index < -0.39 is 0 Å². The highest BCUT2D eigenvalue weighted by molar-refractivity contribution is 6.30. The molecule has 0 aliphatic carbocycles. The van der Waals surface area contributed by atoms with Crippen molar-refractivity contribution in [2.24, 2.45) is 5.73 Å². The summed E-state index contributed by atoms with van der Waals surface area (Å²) in [5.41, 5.74) is 9.76. The number of nitrogens with two attached hydrogens (primary N) is 1. The highest BCUT2D eigenvalue weighted by Gasteiger charge is 2.08. The summed E-state index contributed by atoms with van der Waals surface area (Å²) in [4.78, 5) is 0. The number of rotatable bonds is 4. The number of aromatic nitrogens is 1. The molecule has 3 aromatic rings. The van der Waals surface area contributed by atoms with Crippen LogP contribution >= 0.6 is 11.6 Å². The number of hydrogen-bond donors (Lipinski definition) is 1. The molecule has 0 saturated heterocycles. The van der Waals surface area contributed by atoms with Crippen LogP contribution in [0.25, 0.3) is 10.9 Å². The van der Waals surface area contributed by atoms with Crippen molar-refractivity contribution in [3.05, 3.63) is 70.9 Å². The van der Waals surface area contributed by atoms with E-state index in [4.69, 9.17) is 17.3 Å². The van der Waals surface area contributed by atoms with Crippen molar-refractivity contribution in [2.75, 3.05) is 0 Å². The summed E-state index contributed by atoms with van der Waals surface area (Å²) < 4.78 is 2.28. The summed E-state index contributed by atoms with van der Waals surface area (Å²) in [5, 5.41) is 2.04. The van der Waals surface area contributed by atoms with Gasteiger partial charge >= 0.3 is 0 Å². The van der Waals surface area contributed by atoms with Gasteiger partial charge in [-0.05, 0) is 48.1 Å². The third-order valence-electron chi connectivity index (χ3n) is 3.66. The lowest BCUT2D eigenvalue weighted by Gasteiger charge is -2.12. The highest BCUT2D eigenvalue weighted by Crippen LogP contribution is 2.23. The van der Waals surface area contributed by atoms with Gasteiger partial charge in [0.25, 0.3) is 0 Å². The third-order valence-corrected chi connectivity index (χ3v) is 3.89. The van der Waals surface area contributed by atoms with E-state index in [9.17, 15) is 0 Å². The Kier molecular flexibility index (Phi) is 4.00. The van der Waals surface area contributed by atoms with Crippen molar-refractivity contribution < 1.29 is 0 Å². The number of fused-ring (bicyclic) bond motifs is 1. The normalized spacial score (nSPS) is 12.7. The summed E-state index contributed by atoms with van der Waals surface area (Å²) in [5.74, 6) is 0. The predicted molar refractivity (Wildman–Crippen MR) is 89.8 cm³/mol. The molecule has 0 aliphatic heterocycles. The van der Waals surface area contributed by atoms with Crippen LogP contribution in [0.1, 0.15) is 18.1 Å². The quantitative estimate of drug-likeness (QED) is 0.767. The topological polar surface area (TPSA) is 30.9 Å². The molecule has 1 unspecified atom stereocenters. The number of halogens is 1. The maximum atomic E-state index is 6.08. The van der Waals surface area contributed by atoms with E-state index in [-0.39, 0.29) is 6.04 Å². The van der Waals surface area contributed by atoms with Gasteiger partial charge in [0.1, 0.15) is 0 Å². The van der Waals surface area contributed by atoms with Crippen LogP contribution in [0.2, 0.25) is 5.02 Å². The van der Waals surface area contributed by atoms with Crippen LogP contribution in [0.5, 0.6) is 0 Å². The van der Waals surface area contributed by atoms with Gasteiger partial charge in [-0.25, -0.2) is 0 Å². The number of para-hydroxylation sites is 1. The van der Waals surface area contributed by atoms with Gasteiger partial charge in [0, 0.05) is 23.8 Å². The predicted octanol–water partition coefficient (Wildman–Crippen LogP) is 4.23. The molecule has 21 heavy (non-hydrogen) atoms. The van der Waals surface area contributed by atoms with Crippen molar-refractivity contribution in [1.82, 2.24) is 4.57 Å². The molecule has 108 valence electrons. The van der Waals surface area contributed by atoms with Crippen molar-refractivity contribution in [3.8, 4) is 0 Å². The van der Waals surface area contributed by atoms with Gasteiger partial charge in [-0.3, -0.25) is 0 Å². The van der Waals surface area contributed by atoms with E-state index in [1.165, 1.54) is 22.0 Å². The SMILES string of the molecule is CC(N)Cc1cccc2ccn(Cc3cccc(Cl)c3)c12. The van der Waals surface area contributed by atoms with E-state index >= 15 is 0 Å². The molecule has 2 N–H and O–H groups in total. The molecule has 3 heteroatoms. The van der Waals surface area contributed by atoms with Gasteiger partial charge in [-0.2, -0.15) is 0 Å². The second-order valence-electron chi connectivity index (χ2n) is 5.61. The van der Waals surface area contributed by atoms with E-state index in [1.54, 1.807) is 0 Å². The molecule has 3 rings (SSSR count). The first-order chi connectivity index (χ1) is 10.1. The first-order valence-electron chi connectivity index (χ1n) is 7.20. The standard InChI is InChI=1S/C18H19ClN2/c1-13(20)10-16-6-3-5-15-8-9-21(18(15)16)12-14-4-2-7-17(19)11-14/h2-9,11,13H,10,12,20H2,1H3. The Bertz CT molecular complexity index is 759. The lowest BCUT2D eigenvalue weighted by atomic mass is 10.0. The van der Waals surface area contributed by atoms with Gasteiger partial charge in [-0.15, -0.1) is 0 Å². The summed E-state index contributed by atoms with van der Waals surface area (Å²) in [6.07, 6.45) is 3.02. The first-order valence-corrected chi connectivity index (χ1v) is 7.58. The molecule has 0 saturated carbocycles. The average Bonchev–Trinajstić information content (AvgIpc) is 2.82. The molecule has 1 heterocycles. The van der Waals surface area contributed by atoms with Crippen LogP contribution in [0.3, 0.4) is 0 Å². The van der Waals surface area contributed by atoms with Gasteiger partial charge in [0.05, 0.1) is 5.52 Å². The maximum absolute atomic E-state index is 6.08. The molecule has 2 nitrogen and oxygen atoms in total. The number of hydrogen-bond acceptors (Lipinski definition) is 1. The zero-order chi connectivity index (χ0) is 14.8. The summed E-state index contributed by atoms with van der Waals surface area (Å²) >= 11 is 6.08. The van der Waals surface area contributed by atoms with E-state index in [2.05, 4.69) is 41.1 Å². The number of nitrogens with zero attached hydrogens (tertiary/aromatic N) is 1. The molecule has 0 fully saturated rings. The van der Waals surface area contributed by atoms with Crippen LogP contribution in [-0.4, -0.2) is 10.6 Å². The monoisotopic (exact) mass is 298 g/mol. The van der Waals surface area contributed by atoms with E-state index in [1.807, 2.05) is 25.1 Å². The van der Waals surface area contributed by atoms with Crippen LogP contribution in [0.4, 0.5) is 0 Å². The van der Waals surface area contributed by atoms with Crippen LogP contribution in [-0.2, 0) is 13.0 Å². The first kappa shape index (κ1) is 14.2. The Morgan fingerprint density at radius 2 is 1.95 bits per heavy atom. The lowest BCUT2D eigenvalue weighted by molar-refractivity contribution is 0.735. The van der Waals surface area contributed by atoms with Gasteiger partial charge in [-0.1, -0.05) is 41.9 Å². The Hall–Kier alpha value is -1.77. The summed E-state index contributed by atoms with van der Waals surface area (Å²) in [6.45, 7) is 2.86. The molecule has 0 amide bonds. The zero-order valence-corrected chi connectivity index (χ0v) is 12.8. The molecule has 2 aromatic carbocycles. The molecule has 0 spiro atoms. The van der Waals surface area contributed by atoms with Gasteiger partial charge < -0.3 is 10.3 Å². The van der Waals surface area contributed by atoms with Crippen molar-refractivity contribution >= 4 is 22.5 Å². The minimum absolute atomic E-state index is 0.158. The van der Waals surface area contributed by atoms with Gasteiger partial charge in [0.2, 0.25) is 0 Å². The Morgan fingerprint density at radius 3 is 2.71 bits per heavy atom. The fraction of sp³-hybridized carbons (Fsp3) is 0.222. The second-order valence-corrected chi connectivity index (χ2v) is 6.05. The Balaban J connectivity index is 2.02. The Labute approximate surface area is 130 Å². The molecule has 0 aliphatic rings. The smallest absolute Gasteiger partial charge is 0.0516 e. The molecule has 0 bridgehead atoms. The van der Waals surface area contributed by atoms with Crippen LogP contribution in [0, 0.1) is 0 Å². The molecular weight excluding hydrogens is 280 g/mol. The average molecular weight is 299 g/mol. The zero-order valence-electron chi connectivity index (χ0n) is 12.1. The third kappa shape index (κ3) is 3.12. The van der Waals surface area contributed by atoms with Crippen molar-refractivity contribution in [3.63, 3.8) is 0 Å². The molecule has 1 atom stereocenters. The minimum Gasteiger partial charge on any atom is -0.343 e. The van der Waals surface area contributed by atoms with Gasteiger partial charge in [0.15, 0.2) is 0 Å². The Morgan fingerprint density at radius 1 is 1.14 bits per heavy atom. The lowest BCUT2D eigenvalue weighted by Crippen LogP contribution is -2.18. The van der Waals surface area contributed by atoms with E-state index in [0.717, 1.165) is 18.0 Å². The second kappa shape index (κ2) is 5.92. The maximum Gasteiger partial charge on any atom is 0.0516 e. The highest BCUT2D eigenvalue weighted by atomic mass is 35.5. The van der Waals surface area contributed by atoms with E-state index in [0.29, 0.717) is 0 Å². The summed E-state index contributed by atoms with van der Waals surface area (Å²) in [6, 6.07) is 16.7. The molecular formula is C18H19ClN2. The number of benzene rings is 2. The largest absolute Gasteiger partial charge is 0.343 e. The van der Waals surface area contributed by atoms with Crippen molar-refractivity contribution in [2.45, 2.75) is 25.9 Å². The minimum atomic E-state index is 0.158. The van der Waals surface area contributed by atoms with Crippen LogP contribution < -0.4 is 5.73 Å². The van der Waals surface area contributed by atoms with Crippen molar-refractivity contribution in [1.29, 1.82) is 0 Å². The molecule has 1 aromatic heterocycles.